The van der Waals surface area contributed by atoms with Crippen LogP contribution < -0.4 is 0 Å². The number of hydrogen-bond acceptors (Lipinski definition) is 2. The van der Waals surface area contributed by atoms with Crippen molar-refractivity contribution in [2.75, 3.05) is 13.1 Å². The van der Waals surface area contributed by atoms with Crippen molar-refractivity contribution in [3.05, 3.63) is 48.0 Å². The van der Waals surface area contributed by atoms with E-state index in [2.05, 4.69) is 0 Å². The number of carbonyl (C=O) groups is 1. The average molecular weight is 283 g/mol. The molecule has 1 heterocycles. The number of aliphatic hydroxyl groups is 1. The molecule has 2 aromatic carbocycles. The van der Waals surface area contributed by atoms with Crippen LogP contribution in [0.4, 0.5) is 0 Å². The molecule has 3 rings (SSSR count). The highest BCUT2D eigenvalue weighted by molar-refractivity contribution is 6.07. The van der Waals surface area contributed by atoms with Crippen LogP contribution in [0.25, 0.3) is 10.8 Å². The molecule has 1 aliphatic heterocycles. The van der Waals surface area contributed by atoms with Gasteiger partial charge >= 0.3 is 0 Å². The van der Waals surface area contributed by atoms with Crippen molar-refractivity contribution in [2.24, 2.45) is 0 Å². The molecular weight excluding hydrogens is 262 g/mol. The third-order valence-electron chi connectivity index (χ3n) is 4.37. The minimum absolute atomic E-state index is 0.0736. The molecule has 0 aliphatic carbocycles. The predicted octanol–water partition coefficient (Wildman–Crippen LogP) is 3.22. The lowest BCUT2D eigenvalue weighted by molar-refractivity contribution is 0.0438. The fourth-order valence-electron chi connectivity index (χ4n) is 3.05. The van der Waals surface area contributed by atoms with E-state index in [0.717, 1.165) is 35.7 Å². The van der Waals surface area contributed by atoms with Gasteiger partial charge in [0.05, 0.1) is 5.60 Å². The van der Waals surface area contributed by atoms with Crippen molar-refractivity contribution in [1.29, 1.82) is 0 Å². The van der Waals surface area contributed by atoms with Gasteiger partial charge in [-0.1, -0.05) is 36.4 Å². The van der Waals surface area contributed by atoms with Gasteiger partial charge in [0, 0.05) is 18.7 Å². The molecule has 1 atom stereocenters. The molecule has 3 heteroatoms. The number of carbonyl (C=O) groups excluding carboxylic acids is 1. The first-order valence-electron chi connectivity index (χ1n) is 7.56. The minimum atomic E-state index is -0.645. The second-order valence-electron chi connectivity index (χ2n) is 6.17. The Bertz CT molecular complexity index is 658. The maximum absolute atomic E-state index is 12.8. The van der Waals surface area contributed by atoms with E-state index in [0.29, 0.717) is 13.0 Å². The van der Waals surface area contributed by atoms with Crippen molar-refractivity contribution in [3.63, 3.8) is 0 Å². The van der Waals surface area contributed by atoms with Crippen LogP contribution in [0.1, 0.15) is 36.5 Å². The topological polar surface area (TPSA) is 40.5 Å². The summed E-state index contributed by atoms with van der Waals surface area (Å²) in [7, 11) is 0. The molecule has 0 radical (unpaired) electrons. The molecule has 0 aromatic heterocycles. The Morgan fingerprint density at radius 3 is 2.71 bits per heavy atom. The van der Waals surface area contributed by atoms with E-state index in [4.69, 9.17) is 0 Å². The van der Waals surface area contributed by atoms with Gasteiger partial charge in [-0.25, -0.2) is 0 Å². The lowest BCUT2D eigenvalue weighted by atomic mass is 9.98. The molecule has 2 aromatic rings. The molecule has 1 N–H and O–H groups in total. The standard InChI is InChI=1S/C18H21NO2/c1-18(21)10-5-12-19(13-11-18)17(20)16-9-4-7-14-6-2-3-8-15(14)16/h2-4,6-9,21H,5,10-13H2,1H3. The van der Waals surface area contributed by atoms with Gasteiger partial charge in [-0.3, -0.25) is 4.79 Å². The Labute approximate surface area is 125 Å². The van der Waals surface area contributed by atoms with Gasteiger partial charge in [0.25, 0.3) is 5.91 Å². The highest BCUT2D eigenvalue weighted by Crippen LogP contribution is 2.24. The molecule has 21 heavy (non-hydrogen) atoms. The molecule has 1 unspecified atom stereocenters. The number of hydrogen-bond donors (Lipinski definition) is 1. The van der Waals surface area contributed by atoms with Crippen LogP contribution in [0.3, 0.4) is 0 Å². The summed E-state index contributed by atoms with van der Waals surface area (Å²) in [5.74, 6) is 0.0736. The summed E-state index contributed by atoms with van der Waals surface area (Å²) in [5, 5.41) is 12.2. The Morgan fingerprint density at radius 1 is 1.10 bits per heavy atom. The predicted molar refractivity (Wildman–Crippen MR) is 84.3 cm³/mol. The number of benzene rings is 2. The number of rotatable bonds is 1. The van der Waals surface area contributed by atoms with E-state index in [1.807, 2.05) is 54.3 Å². The van der Waals surface area contributed by atoms with E-state index in [1.165, 1.54) is 0 Å². The number of fused-ring (bicyclic) bond motifs is 1. The summed E-state index contributed by atoms with van der Waals surface area (Å²) in [5.41, 5.74) is 0.114. The Balaban J connectivity index is 1.90. The third-order valence-corrected chi connectivity index (χ3v) is 4.37. The fraction of sp³-hybridized carbons (Fsp3) is 0.389. The molecule has 1 aliphatic rings. The summed E-state index contributed by atoms with van der Waals surface area (Å²) in [6, 6.07) is 13.8. The van der Waals surface area contributed by atoms with Crippen molar-refractivity contribution in [3.8, 4) is 0 Å². The number of amides is 1. The van der Waals surface area contributed by atoms with E-state index in [-0.39, 0.29) is 5.91 Å². The van der Waals surface area contributed by atoms with Gasteiger partial charge < -0.3 is 10.0 Å². The van der Waals surface area contributed by atoms with Crippen LogP contribution in [-0.4, -0.2) is 34.6 Å². The first-order valence-corrected chi connectivity index (χ1v) is 7.56. The Morgan fingerprint density at radius 2 is 1.86 bits per heavy atom. The van der Waals surface area contributed by atoms with Crippen LogP contribution in [0, 0.1) is 0 Å². The molecule has 1 amide bonds. The first-order chi connectivity index (χ1) is 10.1. The summed E-state index contributed by atoms with van der Waals surface area (Å²) >= 11 is 0. The Kier molecular flexibility index (Phi) is 3.68. The fourth-order valence-corrected chi connectivity index (χ4v) is 3.05. The van der Waals surface area contributed by atoms with Crippen LogP contribution >= 0.6 is 0 Å². The smallest absolute Gasteiger partial charge is 0.254 e. The first kappa shape index (κ1) is 14.1. The summed E-state index contributed by atoms with van der Waals surface area (Å²) in [6.07, 6.45) is 2.25. The maximum Gasteiger partial charge on any atom is 0.254 e. The molecule has 0 spiro atoms. The van der Waals surface area contributed by atoms with Gasteiger partial charge in [-0.15, -0.1) is 0 Å². The van der Waals surface area contributed by atoms with E-state index in [9.17, 15) is 9.90 Å². The molecular formula is C18H21NO2. The van der Waals surface area contributed by atoms with Gasteiger partial charge in [-0.2, -0.15) is 0 Å². The molecule has 1 fully saturated rings. The largest absolute Gasteiger partial charge is 0.390 e. The van der Waals surface area contributed by atoms with Gasteiger partial charge in [-0.05, 0) is 43.0 Å². The summed E-state index contributed by atoms with van der Waals surface area (Å²) in [4.78, 5) is 14.7. The number of likely N-dealkylation sites (tertiary alicyclic amines) is 1. The van der Waals surface area contributed by atoms with Crippen molar-refractivity contribution in [1.82, 2.24) is 4.90 Å². The lowest BCUT2D eigenvalue weighted by Crippen LogP contribution is -2.33. The molecule has 0 bridgehead atoms. The second-order valence-corrected chi connectivity index (χ2v) is 6.17. The molecule has 1 saturated heterocycles. The summed E-state index contributed by atoms with van der Waals surface area (Å²) < 4.78 is 0. The summed E-state index contributed by atoms with van der Waals surface area (Å²) in [6.45, 7) is 3.20. The quantitative estimate of drug-likeness (QED) is 0.873. The molecule has 0 saturated carbocycles. The SMILES string of the molecule is CC1(O)CCCN(C(=O)c2cccc3ccccc23)CC1. The maximum atomic E-state index is 12.8. The number of nitrogens with zero attached hydrogens (tertiary/aromatic N) is 1. The highest BCUT2D eigenvalue weighted by atomic mass is 16.3. The zero-order valence-corrected chi connectivity index (χ0v) is 12.4. The lowest BCUT2D eigenvalue weighted by Gasteiger charge is -2.23. The molecule has 110 valence electrons. The third kappa shape index (κ3) is 2.93. The zero-order valence-electron chi connectivity index (χ0n) is 12.4. The Hall–Kier alpha value is -1.87. The van der Waals surface area contributed by atoms with E-state index in [1.54, 1.807) is 0 Å². The molecule has 3 nitrogen and oxygen atoms in total. The van der Waals surface area contributed by atoms with E-state index >= 15 is 0 Å². The van der Waals surface area contributed by atoms with Crippen LogP contribution in [0.15, 0.2) is 42.5 Å². The monoisotopic (exact) mass is 283 g/mol. The van der Waals surface area contributed by atoms with E-state index < -0.39 is 5.60 Å². The normalized spacial score (nSPS) is 23.0. The van der Waals surface area contributed by atoms with Gasteiger partial charge in [0.1, 0.15) is 0 Å². The second kappa shape index (κ2) is 5.49. The van der Waals surface area contributed by atoms with Crippen LogP contribution in [0.5, 0.6) is 0 Å². The zero-order chi connectivity index (χ0) is 14.9. The van der Waals surface area contributed by atoms with Gasteiger partial charge in [0.15, 0.2) is 0 Å². The average Bonchev–Trinajstić information content (AvgIpc) is 2.67. The minimum Gasteiger partial charge on any atom is -0.390 e. The van der Waals surface area contributed by atoms with Crippen molar-refractivity contribution >= 4 is 16.7 Å². The van der Waals surface area contributed by atoms with Crippen molar-refractivity contribution < 1.29 is 9.90 Å². The van der Waals surface area contributed by atoms with Crippen LogP contribution in [0.2, 0.25) is 0 Å². The van der Waals surface area contributed by atoms with Crippen LogP contribution in [-0.2, 0) is 0 Å². The highest BCUT2D eigenvalue weighted by Gasteiger charge is 2.27. The van der Waals surface area contributed by atoms with Crippen molar-refractivity contribution in [2.45, 2.75) is 31.8 Å². The van der Waals surface area contributed by atoms with Gasteiger partial charge in [0.2, 0.25) is 0 Å².